The molecule has 1 saturated heterocycles. The third kappa shape index (κ3) is 3.57. The lowest BCUT2D eigenvalue weighted by Crippen LogP contribution is -2.43. The largest absolute Gasteiger partial charge is 0.471 e. The summed E-state index contributed by atoms with van der Waals surface area (Å²) in [4.78, 5) is 18.6. The second kappa shape index (κ2) is 6.83. The molecular weight excluding hydrogens is 345 g/mol. The zero-order valence-electron chi connectivity index (χ0n) is 14.2. The van der Waals surface area contributed by atoms with Crippen LogP contribution in [-0.2, 0) is 4.79 Å². The molecule has 0 N–H and O–H groups in total. The first-order valence-corrected chi connectivity index (χ1v) is 8.22. The topological polar surface area (TPSA) is 60.2 Å². The highest BCUT2D eigenvalue weighted by Gasteiger charge is 2.42. The summed E-state index contributed by atoms with van der Waals surface area (Å²) in [6, 6.07) is 9.56. The molecule has 1 aromatic carbocycles. The van der Waals surface area contributed by atoms with Gasteiger partial charge in [0.2, 0.25) is 0 Å². The number of anilines is 1. The van der Waals surface area contributed by atoms with Crippen LogP contribution in [-0.4, -0.2) is 48.1 Å². The van der Waals surface area contributed by atoms with E-state index in [4.69, 9.17) is 0 Å². The molecule has 26 heavy (non-hydrogen) atoms. The van der Waals surface area contributed by atoms with E-state index in [0.717, 1.165) is 21.4 Å². The number of aromatic nitrogens is 1. The minimum Gasteiger partial charge on any atom is -0.354 e. The van der Waals surface area contributed by atoms with Crippen LogP contribution in [0, 0.1) is 18.3 Å². The number of carbonyl (C=O) groups is 1. The number of amides is 1. The van der Waals surface area contributed by atoms with E-state index in [2.05, 4.69) is 11.1 Å². The summed E-state index contributed by atoms with van der Waals surface area (Å²) in [5.41, 5.74) is 2.13. The first-order valence-electron chi connectivity index (χ1n) is 8.22. The minimum atomic E-state index is -4.87. The number of hydrogen-bond donors (Lipinski definition) is 0. The zero-order chi connectivity index (χ0) is 18.9. The number of nitrogens with zero attached hydrogens (tertiary/aromatic N) is 4. The van der Waals surface area contributed by atoms with Gasteiger partial charge < -0.3 is 9.80 Å². The van der Waals surface area contributed by atoms with Crippen molar-refractivity contribution >= 4 is 22.6 Å². The third-order valence-corrected chi connectivity index (χ3v) is 4.40. The molecule has 8 heteroatoms. The second-order valence-corrected chi connectivity index (χ2v) is 6.30. The van der Waals surface area contributed by atoms with Gasteiger partial charge >= 0.3 is 12.1 Å². The van der Waals surface area contributed by atoms with Gasteiger partial charge in [0.25, 0.3) is 0 Å². The van der Waals surface area contributed by atoms with Crippen molar-refractivity contribution in [2.75, 3.05) is 31.1 Å². The van der Waals surface area contributed by atoms with Crippen molar-refractivity contribution in [3.63, 3.8) is 0 Å². The molecule has 0 radical (unpaired) electrons. The van der Waals surface area contributed by atoms with E-state index >= 15 is 0 Å². The van der Waals surface area contributed by atoms with Gasteiger partial charge in [0.1, 0.15) is 11.9 Å². The zero-order valence-corrected chi connectivity index (χ0v) is 14.2. The fourth-order valence-corrected chi connectivity index (χ4v) is 3.10. The number of carbonyl (C=O) groups excluding carboxylic acids is 1. The van der Waals surface area contributed by atoms with Crippen LogP contribution in [0.2, 0.25) is 0 Å². The Morgan fingerprint density at radius 2 is 1.96 bits per heavy atom. The van der Waals surface area contributed by atoms with Crippen LogP contribution in [0.5, 0.6) is 0 Å². The van der Waals surface area contributed by atoms with Crippen molar-refractivity contribution in [3.8, 4) is 6.07 Å². The molecule has 1 amide bonds. The Kier molecular flexibility index (Phi) is 4.72. The maximum Gasteiger partial charge on any atom is 0.471 e. The Balaban J connectivity index is 1.89. The summed E-state index contributed by atoms with van der Waals surface area (Å²) in [6.45, 7) is 2.53. The van der Waals surface area contributed by atoms with Crippen LogP contribution in [0.1, 0.15) is 17.5 Å². The van der Waals surface area contributed by atoms with Gasteiger partial charge in [-0.1, -0.05) is 12.1 Å². The van der Waals surface area contributed by atoms with Crippen LogP contribution >= 0.6 is 0 Å². The van der Waals surface area contributed by atoms with Gasteiger partial charge in [0.15, 0.2) is 0 Å². The number of pyridine rings is 1. The van der Waals surface area contributed by atoms with Gasteiger partial charge in [0, 0.05) is 31.6 Å². The molecule has 1 aromatic heterocycles. The lowest BCUT2D eigenvalue weighted by Gasteiger charge is -2.24. The smallest absolute Gasteiger partial charge is 0.354 e. The van der Waals surface area contributed by atoms with Crippen LogP contribution in [0.3, 0.4) is 0 Å². The minimum absolute atomic E-state index is 0.0312. The molecule has 5 nitrogen and oxygen atoms in total. The Hall–Kier alpha value is -2.82. The van der Waals surface area contributed by atoms with Crippen molar-refractivity contribution in [3.05, 3.63) is 35.4 Å². The van der Waals surface area contributed by atoms with Gasteiger partial charge in [-0.15, -0.1) is 0 Å². The van der Waals surface area contributed by atoms with E-state index < -0.39 is 12.1 Å². The first kappa shape index (κ1) is 18.0. The molecule has 136 valence electrons. The monoisotopic (exact) mass is 362 g/mol. The summed E-state index contributed by atoms with van der Waals surface area (Å²) in [5.74, 6) is -1.37. The lowest BCUT2D eigenvalue weighted by molar-refractivity contribution is -0.185. The molecule has 3 rings (SSSR count). The van der Waals surface area contributed by atoms with Crippen LogP contribution in [0.15, 0.2) is 24.3 Å². The molecule has 2 aromatic rings. The van der Waals surface area contributed by atoms with Crippen molar-refractivity contribution in [2.24, 2.45) is 0 Å². The molecule has 0 spiro atoms. The van der Waals surface area contributed by atoms with E-state index in [0.29, 0.717) is 24.3 Å². The highest BCUT2D eigenvalue weighted by molar-refractivity contribution is 5.84. The maximum atomic E-state index is 12.7. The highest BCUT2D eigenvalue weighted by Crippen LogP contribution is 2.26. The van der Waals surface area contributed by atoms with Crippen LogP contribution < -0.4 is 4.90 Å². The van der Waals surface area contributed by atoms with Crippen LogP contribution in [0.25, 0.3) is 10.9 Å². The van der Waals surface area contributed by atoms with E-state index in [1.165, 1.54) is 0 Å². The quantitative estimate of drug-likeness (QED) is 0.782. The van der Waals surface area contributed by atoms with Gasteiger partial charge in [0.05, 0.1) is 11.1 Å². The van der Waals surface area contributed by atoms with Crippen molar-refractivity contribution in [1.82, 2.24) is 9.88 Å². The molecule has 0 unspecified atom stereocenters. The molecule has 1 aliphatic rings. The van der Waals surface area contributed by atoms with E-state index in [1.54, 1.807) is 11.0 Å². The molecule has 0 aliphatic carbocycles. The number of benzene rings is 1. The fourth-order valence-electron chi connectivity index (χ4n) is 3.10. The number of nitriles is 1. The Labute approximate surface area is 148 Å². The predicted molar refractivity (Wildman–Crippen MR) is 90.7 cm³/mol. The molecule has 0 atom stereocenters. The molecule has 0 saturated carbocycles. The first-order chi connectivity index (χ1) is 12.3. The predicted octanol–water partition coefficient (Wildman–Crippen LogP) is 3.02. The highest BCUT2D eigenvalue weighted by atomic mass is 19.4. The Bertz CT molecular complexity index is 888. The average Bonchev–Trinajstić information content (AvgIpc) is 2.85. The van der Waals surface area contributed by atoms with Crippen molar-refractivity contribution in [1.29, 1.82) is 5.26 Å². The summed E-state index contributed by atoms with van der Waals surface area (Å²) >= 11 is 0. The van der Waals surface area contributed by atoms with E-state index in [1.807, 2.05) is 25.1 Å². The second-order valence-electron chi connectivity index (χ2n) is 6.30. The molecule has 2 heterocycles. The number of alkyl halides is 3. The van der Waals surface area contributed by atoms with E-state index in [9.17, 15) is 23.2 Å². The number of fused-ring (bicyclic) bond motifs is 1. The lowest BCUT2D eigenvalue weighted by atomic mass is 10.1. The molecule has 1 fully saturated rings. The van der Waals surface area contributed by atoms with Crippen molar-refractivity contribution < 1.29 is 18.0 Å². The number of aryl methyl sites for hydroxylation is 1. The molecule has 1 aliphatic heterocycles. The van der Waals surface area contributed by atoms with E-state index in [-0.39, 0.29) is 19.6 Å². The number of halogens is 3. The summed E-state index contributed by atoms with van der Waals surface area (Å²) in [6.07, 6.45) is -4.49. The Morgan fingerprint density at radius 1 is 1.19 bits per heavy atom. The van der Waals surface area contributed by atoms with Crippen molar-refractivity contribution in [2.45, 2.75) is 19.5 Å². The average molecular weight is 362 g/mol. The van der Waals surface area contributed by atoms with Crippen LogP contribution in [0.4, 0.5) is 19.0 Å². The maximum absolute atomic E-state index is 12.7. The normalized spacial score (nSPS) is 15.7. The molecular formula is C18H17F3N4O. The standard InChI is InChI=1S/C18H17F3N4O/c1-12-3-4-13-10-14(11-22)16(23-15(13)9-12)24-5-2-6-25(8-7-24)17(26)18(19,20)21/h3-4,9-10H,2,5-8H2,1H3. The third-order valence-electron chi connectivity index (χ3n) is 4.40. The summed E-state index contributed by atoms with van der Waals surface area (Å²) < 4.78 is 38.0. The summed E-state index contributed by atoms with van der Waals surface area (Å²) in [7, 11) is 0. The Morgan fingerprint density at radius 3 is 2.65 bits per heavy atom. The number of rotatable bonds is 1. The van der Waals surface area contributed by atoms with Gasteiger partial charge in [-0.25, -0.2) is 4.98 Å². The van der Waals surface area contributed by atoms with Gasteiger partial charge in [-0.3, -0.25) is 4.79 Å². The summed E-state index contributed by atoms with van der Waals surface area (Å²) in [5, 5.41) is 10.3. The molecule has 0 bridgehead atoms. The van der Waals surface area contributed by atoms with Gasteiger partial charge in [-0.2, -0.15) is 18.4 Å². The number of hydrogen-bond acceptors (Lipinski definition) is 4. The fraction of sp³-hybridized carbons (Fsp3) is 0.389. The SMILES string of the molecule is Cc1ccc2cc(C#N)c(N3CCCN(C(=O)C(F)(F)F)CC3)nc2c1. The van der Waals surface area contributed by atoms with Gasteiger partial charge in [-0.05, 0) is 31.0 Å².